The SMILES string of the molecule is CCOC(=O)COCCNC(=O)[C@H]1CCN1C(=O)OC(C)(C)C. The summed E-state index contributed by atoms with van der Waals surface area (Å²) in [4.78, 5) is 36.4. The Morgan fingerprint density at radius 2 is 1.96 bits per heavy atom. The lowest BCUT2D eigenvalue weighted by molar-refractivity contribution is -0.148. The van der Waals surface area contributed by atoms with Crippen LogP contribution in [0.1, 0.15) is 34.1 Å². The highest BCUT2D eigenvalue weighted by Gasteiger charge is 2.39. The summed E-state index contributed by atoms with van der Waals surface area (Å²) in [6.07, 6.45) is 0.122. The van der Waals surface area contributed by atoms with Crippen molar-refractivity contribution in [2.24, 2.45) is 0 Å². The van der Waals surface area contributed by atoms with E-state index < -0.39 is 23.7 Å². The Morgan fingerprint density at radius 3 is 2.48 bits per heavy atom. The number of rotatable bonds is 7. The van der Waals surface area contributed by atoms with Gasteiger partial charge in [0, 0.05) is 13.1 Å². The number of likely N-dealkylation sites (tertiary alicyclic amines) is 1. The zero-order valence-corrected chi connectivity index (χ0v) is 14.2. The first-order valence-electron chi connectivity index (χ1n) is 7.75. The second-order valence-electron chi connectivity index (χ2n) is 6.13. The van der Waals surface area contributed by atoms with Crippen molar-refractivity contribution in [1.82, 2.24) is 10.2 Å². The summed E-state index contributed by atoms with van der Waals surface area (Å²) in [6, 6.07) is -0.505. The lowest BCUT2D eigenvalue weighted by atomic mass is 10.0. The van der Waals surface area contributed by atoms with E-state index in [-0.39, 0.29) is 25.7 Å². The summed E-state index contributed by atoms with van der Waals surface area (Å²) in [5.74, 6) is -0.684. The lowest BCUT2D eigenvalue weighted by Gasteiger charge is -2.40. The molecule has 0 unspecified atom stereocenters. The number of nitrogens with zero attached hydrogens (tertiary/aromatic N) is 1. The van der Waals surface area contributed by atoms with E-state index in [1.165, 1.54) is 4.90 Å². The van der Waals surface area contributed by atoms with Gasteiger partial charge in [0.1, 0.15) is 18.2 Å². The summed E-state index contributed by atoms with van der Waals surface area (Å²) in [7, 11) is 0. The Balaban J connectivity index is 2.22. The Hall–Kier alpha value is -1.83. The van der Waals surface area contributed by atoms with Gasteiger partial charge < -0.3 is 19.5 Å². The molecular formula is C15H26N2O6. The van der Waals surface area contributed by atoms with Crippen LogP contribution in [0.15, 0.2) is 0 Å². The van der Waals surface area contributed by atoms with Crippen LogP contribution in [0.3, 0.4) is 0 Å². The molecule has 0 spiro atoms. The van der Waals surface area contributed by atoms with E-state index in [9.17, 15) is 14.4 Å². The zero-order chi connectivity index (χ0) is 17.5. The molecule has 1 fully saturated rings. The highest BCUT2D eigenvalue weighted by Crippen LogP contribution is 2.21. The molecule has 0 radical (unpaired) electrons. The molecule has 0 bridgehead atoms. The molecule has 132 valence electrons. The van der Waals surface area contributed by atoms with Gasteiger partial charge in [0.15, 0.2) is 0 Å². The third kappa shape index (κ3) is 6.85. The van der Waals surface area contributed by atoms with Gasteiger partial charge in [-0.05, 0) is 34.1 Å². The first-order valence-corrected chi connectivity index (χ1v) is 7.75. The monoisotopic (exact) mass is 330 g/mol. The first kappa shape index (κ1) is 19.2. The second-order valence-corrected chi connectivity index (χ2v) is 6.13. The third-order valence-corrected chi connectivity index (χ3v) is 3.02. The molecule has 0 aliphatic carbocycles. The van der Waals surface area contributed by atoms with Crippen molar-refractivity contribution in [1.29, 1.82) is 0 Å². The maximum Gasteiger partial charge on any atom is 0.410 e. The molecule has 0 saturated carbocycles. The predicted molar refractivity (Wildman–Crippen MR) is 81.8 cm³/mol. The molecule has 0 aromatic carbocycles. The Morgan fingerprint density at radius 1 is 1.26 bits per heavy atom. The molecule has 8 nitrogen and oxygen atoms in total. The van der Waals surface area contributed by atoms with E-state index in [4.69, 9.17) is 14.2 Å². The van der Waals surface area contributed by atoms with E-state index in [1.807, 2.05) is 0 Å². The minimum absolute atomic E-state index is 0.142. The van der Waals surface area contributed by atoms with Crippen molar-refractivity contribution in [3.8, 4) is 0 Å². The van der Waals surface area contributed by atoms with Gasteiger partial charge in [-0.2, -0.15) is 0 Å². The van der Waals surface area contributed by atoms with Crippen LogP contribution in [0, 0.1) is 0 Å². The van der Waals surface area contributed by atoms with Crippen LogP contribution in [0.5, 0.6) is 0 Å². The molecule has 1 aliphatic heterocycles. The van der Waals surface area contributed by atoms with Crippen LogP contribution in [0.4, 0.5) is 4.79 Å². The Kier molecular flexibility index (Phi) is 7.28. The second kappa shape index (κ2) is 8.71. The van der Waals surface area contributed by atoms with Crippen molar-refractivity contribution < 1.29 is 28.6 Å². The number of ether oxygens (including phenoxy) is 3. The number of carbonyl (C=O) groups excluding carboxylic acids is 3. The molecule has 1 aliphatic rings. The summed E-state index contributed by atoms with van der Waals surface area (Å²) in [5.41, 5.74) is -0.589. The van der Waals surface area contributed by atoms with E-state index in [0.717, 1.165) is 0 Å². The standard InChI is InChI=1S/C15H26N2O6/c1-5-22-12(18)10-21-9-7-16-13(19)11-6-8-17(11)14(20)23-15(2,3)4/h11H,5-10H2,1-4H3,(H,16,19)/t11-/m1/s1. The average molecular weight is 330 g/mol. The molecule has 0 aromatic heterocycles. The number of hydrogen-bond acceptors (Lipinski definition) is 6. The lowest BCUT2D eigenvalue weighted by Crippen LogP contribution is -2.59. The highest BCUT2D eigenvalue weighted by molar-refractivity contribution is 5.87. The fraction of sp³-hybridized carbons (Fsp3) is 0.800. The molecular weight excluding hydrogens is 304 g/mol. The van der Waals surface area contributed by atoms with Crippen LogP contribution in [-0.4, -0.2) is 67.4 Å². The summed E-state index contributed by atoms with van der Waals surface area (Å²) >= 11 is 0. The number of hydrogen-bond donors (Lipinski definition) is 1. The fourth-order valence-corrected chi connectivity index (χ4v) is 1.92. The van der Waals surface area contributed by atoms with E-state index >= 15 is 0 Å². The van der Waals surface area contributed by atoms with Gasteiger partial charge in [-0.1, -0.05) is 0 Å². The van der Waals surface area contributed by atoms with Crippen LogP contribution in [0.2, 0.25) is 0 Å². The van der Waals surface area contributed by atoms with Gasteiger partial charge in [0.25, 0.3) is 0 Å². The van der Waals surface area contributed by atoms with E-state index in [1.54, 1.807) is 27.7 Å². The normalized spacial score (nSPS) is 17.2. The molecule has 8 heteroatoms. The van der Waals surface area contributed by atoms with Crippen LogP contribution in [0.25, 0.3) is 0 Å². The van der Waals surface area contributed by atoms with Crippen molar-refractivity contribution in [3.63, 3.8) is 0 Å². The van der Waals surface area contributed by atoms with Crippen LogP contribution < -0.4 is 5.32 Å². The highest BCUT2D eigenvalue weighted by atomic mass is 16.6. The van der Waals surface area contributed by atoms with Gasteiger partial charge >= 0.3 is 12.1 Å². The minimum atomic E-state index is -0.589. The topological polar surface area (TPSA) is 94.2 Å². The van der Waals surface area contributed by atoms with Gasteiger partial charge in [-0.25, -0.2) is 9.59 Å². The summed E-state index contributed by atoms with van der Waals surface area (Å²) in [5, 5.41) is 2.67. The van der Waals surface area contributed by atoms with E-state index in [2.05, 4.69) is 5.32 Å². The molecule has 1 heterocycles. The molecule has 1 atom stereocenters. The third-order valence-electron chi connectivity index (χ3n) is 3.02. The largest absolute Gasteiger partial charge is 0.464 e. The van der Waals surface area contributed by atoms with Gasteiger partial charge in [-0.3, -0.25) is 9.69 Å². The van der Waals surface area contributed by atoms with Crippen molar-refractivity contribution in [3.05, 3.63) is 0 Å². The van der Waals surface area contributed by atoms with Crippen molar-refractivity contribution >= 4 is 18.0 Å². The van der Waals surface area contributed by atoms with Gasteiger partial charge in [0.2, 0.25) is 5.91 Å². The van der Waals surface area contributed by atoms with Gasteiger partial charge in [0.05, 0.1) is 13.2 Å². The van der Waals surface area contributed by atoms with Crippen LogP contribution in [-0.2, 0) is 23.8 Å². The number of carbonyl (C=O) groups is 3. The van der Waals surface area contributed by atoms with Crippen LogP contribution >= 0.6 is 0 Å². The molecule has 2 amide bonds. The fourth-order valence-electron chi connectivity index (χ4n) is 1.92. The van der Waals surface area contributed by atoms with E-state index in [0.29, 0.717) is 19.6 Å². The quantitative estimate of drug-likeness (QED) is 0.545. The molecule has 23 heavy (non-hydrogen) atoms. The number of nitrogens with one attached hydrogen (secondary N) is 1. The Bertz CT molecular complexity index is 432. The molecule has 0 aromatic rings. The Labute approximate surface area is 136 Å². The smallest absolute Gasteiger partial charge is 0.410 e. The predicted octanol–water partition coefficient (Wildman–Crippen LogP) is 0.692. The summed E-state index contributed by atoms with van der Waals surface area (Å²) in [6.45, 7) is 8.18. The van der Waals surface area contributed by atoms with Crippen molar-refractivity contribution in [2.45, 2.75) is 45.8 Å². The minimum Gasteiger partial charge on any atom is -0.464 e. The number of esters is 1. The first-order chi connectivity index (χ1) is 10.7. The summed E-state index contributed by atoms with van der Waals surface area (Å²) < 4.78 is 15.0. The van der Waals surface area contributed by atoms with Gasteiger partial charge in [-0.15, -0.1) is 0 Å². The molecule has 1 N–H and O–H groups in total. The maximum atomic E-state index is 12.0. The average Bonchev–Trinajstić information content (AvgIpc) is 2.34. The molecule has 1 rings (SSSR count). The maximum absolute atomic E-state index is 12.0. The van der Waals surface area contributed by atoms with Crippen molar-refractivity contribution in [2.75, 3.05) is 32.9 Å². The zero-order valence-electron chi connectivity index (χ0n) is 14.2. The number of amides is 2. The molecule has 1 saturated heterocycles.